The number of ether oxygens (including phenoxy) is 3. The number of nitrogens with zero attached hydrogens (tertiary/aromatic N) is 1. The summed E-state index contributed by atoms with van der Waals surface area (Å²) in [4.78, 5) is 69.1. The van der Waals surface area contributed by atoms with E-state index in [1.54, 1.807) is 31.3 Å². The average molecular weight is 582 g/mol. The van der Waals surface area contributed by atoms with Gasteiger partial charge in [0, 0.05) is 24.4 Å². The molecule has 0 saturated carbocycles. The van der Waals surface area contributed by atoms with E-state index in [1.165, 1.54) is 25.9 Å². The van der Waals surface area contributed by atoms with Gasteiger partial charge in [0.1, 0.15) is 22.7 Å². The van der Waals surface area contributed by atoms with Crippen molar-refractivity contribution in [3.63, 3.8) is 0 Å². The first-order valence-electron chi connectivity index (χ1n) is 13.5. The third kappa shape index (κ3) is 3.43. The molecule has 10 nitrogen and oxygen atoms in total. The van der Waals surface area contributed by atoms with Crippen molar-refractivity contribution in [1.29, 1.82) is 0 Å². The molecule has 0 saturated heterocycles. The maximum Gasteiger partial charge on any atom is 0.262 e. The highest BCUT2D eigenvalue weighted by atomic mass is 16.5. The van der Waals surface area contributed by atoms with Crippen molar-refractivity contribution in [3.8, 4) is 17.2 Å². The molecule has 218 valence electrons. The topological polar surface area (TPSA) is 138 Å². The number of aryl methyl sites for hydroxylation is 1. The number of carbonyl (C=O) groups excluding carboxylic acids is 4. The number of pyridine rings is 1. The largest absolute Gasteiger partial charge is 0.507 e. The summed E-state index contributed by atoms with van der Waals surface area (Å²) in [7, 11) is 5.26. The number of phenols is 1. The second-order valence-corrected chi connectivity index (χ2v) is 10.6. The van der Waals surface area contributed by atoms with Gasteiger partial charge in [0.15, 0.2) is 23.1 Å². The van der Waals surface area contributed by atoms with Gasteiger partial charge in [-0.2, -0.15) is 0 Å². The van der Waals surface area contributed by atoms with Crippen molar-refractivity contribution in [2.75, 3.05) is 21.3 Å². The van der Waals surface area contributed by atoms with E-state index in [-0.39, 0.29) is 63.3 Å². The summed E-state index contributed by atoms with van der Waals surface area (Å²) in [5.41, 5.74) is -2.12. The Labute approximate surface area is 245 Å². The van der Waals surface area contributed by atoms with Gasteiger partial charge in [-0.3, -0.25) is 24.0 Å². The first kappa shape index (κ1) is 27.9. The quantitative estimate of drug-likeness (QED) is 0.350. The van der Waals surface area contributed by atoms with Crippen molar-refractivity contribution in [2.45, 2.75) is 25.2 Å². The lowest BCUT2D eigenvalue weighted by Gasteiger charge is -2.23. The van der Waals surface area contributed by atoms with Crippen LogP contribution in [0.5, 0.6) is 17.2 Å². The third-order valence-corrected chi connectivity index (χ3v) is 8.61. The van der Waals surface area contributed by atoms with Gasteiger partial charge in [-0.1, -0.05) is 24.3 Å². The number of carbonyl (C=O) groups is 4. The van der Waals surface area contributed by atoms with Gasteiger partial charge < -0.3 is 23.9 Å². The average Bonchev–Trinajstić information content (AvgIpc) is 3.48. The van der Waals surface area contributed by atoms with Crippen molar-refractivity contribution in [3.05, 3.63) is 91.6 Å². The lowest BCUT2D eigenvalue weighted by atomic mass is 9.76. The fraction of sp³-hybridized carbons (Fsp3) is 0.242. The van der Waals surface area contributed by atoms with Crippen LogP contribution in [0.25, 0.3) is 16.8 Å². The molecule has 0 fully saturated rings. The molecule has 1 spiro atoms. The van der Waals surface area contributed by atoms with E-state index in [1.807, 2.05) is 19.1 Å². The monoisotopic (exact) mass is 581 g/mol. The van der Waals surface area contributed by atoms with Crippen molar-refractivity contribution >= 4 is 40.0 Å². The van der Waals surface area contributed by atoms with Gasteiger partial charge in [-0.25, -0.2) is 0 Å². The Morgan fingerprint density at radius 2 is 1.53 bits per heavy atom. The fourth-order valence-electron chi connectivity index (χ4n) is 6.68. The standard InChI is InChI=1S/C33H27NO9/c1-6-7-8-9-17-13-16-12-15-10-11-33(25(15)27(37)20(16)32(40)34(17)2)30(38)23-24(31(33)39)29(43-5)22-21(28(23)42-4)18(35)14-19(41-3)26(22)36/h6-9,12-14,37H,10-11H2,1-5H3/b7-6+,9-8+/t33-/m0/s1. The number of hydrogen-bond acceptors (Lipinski definition) is 9. The Morgan fingerprint density at radius 1 is 0.884 bits per heavy atom. The summed E-state index contributed by atoms with van der Waals surface area (Å²) in [6.45, 7) is 1.87. The molecule has 43 heavy (non-hydrogen) atoms. The van der Waals surface area contributed by atoms with Gasteiger partial charge in [-0.05, 0) is 42.9 Å². The van der Waals surface area contributed by atoms with E-state index < -0.39 is 39.9 Å². The zero-order valence-electron chi connectivity index (χ0n) is 24.1. The van der Waals surface area contributed by atoms with Crippen LogP contribution < -0.4 is 15.0 Å². The molecule has 2 aromatic carbocycles. The number of phenolic OH excluding ortho intramolecular Hbond substituents is 1. The summed E-state index contributed by atoms with van der Waals surface area (Å²) < 4.78 is 17.6. The van der Waals surface area contributed by atoms with Crippen LogP contribution in [0.2, 0.25) is 0 Å². The Morgan fingerprint density at radius 3 is 2.14 bits per heavy atom. The first-order valence-corrected chi connectivity index (χ1v) is 13.5. The maximum absolute atomic E-state index is 14.5. The minimum Gasteiger partial charge on any atom is -0.507 e. The highest BCUT2D eigenvalue weighted by molar-refractivity contribution is 6.39. The van der Waals surface area contributed by atoms with Crippen LogP contribution in [0.1, 0.15) is 71.6 Å². The summed E-state index contributed by atoms with van der Waals surface area (Å²) in [5.74, 6) is -3.97. The molecule has 1 N–H and O–H groups in total. The zero-order valence-corrected chi connectivity index (χ0v) is 24.1. The van der Waals surface area contributed by atoms with Crippen LogP contribution >= 0.6 is 0 Å². The maximum atomic E-state index is 14.5. The van der Waals surface area contributed by atoms with Crippen LogP contribution in [-0.2, 0) is 23.6 Å². The Bertz CT molecular complexity index is 2010. The smallest absolute Gasteiger partial charge is 0.262 e. The molecule has 1 heterocycles. The molecule has 1 aromatic heterocycles. The summed E-state index contributed by atoms with van der Waals surface area (Å²) in [5, 5.41) is 12.1. The summed E-state index contributed by atoms with van der Waals surface area (Å²) >= 11 is 0. The van der Waals surface area contributed by atoms with E-state index in [4.69, 9.17) is 14.2 Å². The van der Waals surface area contributed by atoms with Crippen molar-refractivity contribution in [2.24, 2.45) is 7.05 Å². The molecule has 3 aliphatic carbocycles. The van der Waals surface area contributed by atoms with Crippen LogP contribution in [0.4, 0.5) is 0 Å². The molecule has 0 bridgehead atoms. The normalized spacial score (nSPS) is 19.0. The number of benzene rings is 2. The first-order chi connectivity index (χ1) is 20.6. The van der Waals surface area contributed by atoms with Gasteiger partial charge >= 0.3 is 0 Å². The molecule has 0 aliphatic heterocycles. The fourth-order valence-corrected chi connectivity index (χ4v) is 6.68. The SMILES string of the molecule is C/C=C/C=C/c1cc2cc3c(c(O)c2c(=O)n1C)[C@@]1(CC3)C(=O)c2c(OC)c3c(c(OC)c2C1=O)C(=O)C(OC)=CC3=O. The summed E-state index contributed by atoms with van der Waals surface area (Å²) in [6.07, 6.45) is 8.46. The molecule has 0 unspecified atom stereocenters. The molecular weight excluding hydrogens is 554 g/mol. The highest BCUT2D eigenvalue weighted by Gasteiger charge is 2.62. The second-order valence-electron chi connectivity index (χ2n) is 10.6. The number of aromatic hydroxyl groups is 1. The lowest BCUT2D eigenvalue weighted by Crippen LogP contribution is -2.36. The van der Waals surface area contributed by atoms with Crippen LogP contribution in [-0.4, -0.2) is 54.1 Å². The number of allylic oxidation sites excluding steroid dienone is 5. The van der Waals surface area contributed by atoms with Gasteiger partial charge in [0.05, 0.1) is 49.0 Å². The highest BCUT2D eigenvalue weighted by Crippen LogP contribution is 2.57. The third-order valence-electron chi connectivity index (χ3n) is 8.61. The predicted octanol–water partition coefficient (Wildman–Crippen LogP) is 4.02. The molecule has 0 amide bonds. The minimum absolute atomic E-state index is 0.00658. The number of Topliss-reactive ketones (excluding diaryl/α,β-unsaturated/α-hetero) is 3. The van der Waals surface area contributed by atoms with Crippen LogP contribution in [0.3, 0.4) is 0 Å². The summed E-state index contributed by atoms with van der Waals surface area (Å²) in [6, 6.07) is 3.48. The number of ketones is 4. The number of rotatable bonds is 5. The van der Waals surface area contributed by atoms with Crippen LogP contribution in [0.15, 0.2) is 47.0 Å². The molecule has 10 heteroatoms. The molecule has 1 atom stereocenters. The molecule has 3 aliphatic rings. The molecule has 0 radical (unpaired) electrons. The van der Waals surface area contributed by atoms with Crippen LogP contribution in [0, 0.1) is 0 Å². The molecule has 3 aromatic rings. The Balaban J connectivity index is 1.64. The second kappa shape index (κ2) is 9.65. The number of fused-ring (bicyclic) bond motifs is 5. The lowest BCUT2D eigenvalue weighted by molar-refractivity contribution is 0.0790. The van der Waals surface area contributed by atoms with Gasteiger partial charge in [-0.15, -0.1) is 0 Å². The van der Waals surface area contributed by atoms with E-state index in [2.05, 4.69) is 0 Å². The molecule has 6 rings (SSSR count). The molecular formula is C33H27NO9. The van der Waals surface area contributed by atoms with Gasteiger partial charge in [0.2, 0.25) is 5.78 Å². The van der Waals surface area contributed by atoms with E-state index >= 15 is 0 Å². The number of aromatic nitrogens is 1. The van der Waals surface area contributed by atoms with E-state index in [9.17, 15) is 29.1 Å². The predicted molar refractivity (Wildman–Crippen MR) is 157 cm³/mol. The van der Waals surface area contributed by atoms with Crippen molar-refractivity contribution in [1.82, 2.24) is 4.57 Å². The minimum atomic E-state index is -1.92. The Hall–Kier alpha value is -5.25. The van der Waals surface area contributed by atoms with Crippen molar-refractivity contribution < 1.29 is 38.5 Å². The van der Waals surface area contributed by atoms with Gasteiger partial charge in [0.25, 0.3) is 5.56 Å². The number of methoxy groups -OCH3 is 3. The Kier molecular flexibility index (Phi) is 6.26. The zero-order chi connectivity index (χ0) is 31.0. The number of hydrogen-bond donors (Lipinski definition) is 1. The van der Waals surface area contributed by atoms with E-state index in [0.717, 1.165) is 6.08 Å². The van der Waals surface area contributed by atoms with E-state index in [0.29, 0.717) is 16.6 Å².